The van der Waals surface area contributed by atoms with E-state index >= 15 is 0 Å². The maximum absolute atomic E-state index is 5.84. The topological polar surface area (TPSA) is 58.1 Å². The fourth-order valence-corrected chi connectivity index (χ4v) is 3.79. The molecule has 0 saturated carbocycles. The van der Waals surface area contributed by atoms with Crippen molar-refractivity contribution in [2.45, 2.75) is 38.6 Å². The molecule has 3 rings (SSSR count). The number of hydrogen-bond acceptors (Lipinski definition) is 4. The van der Waals surface area contributed by atoms with Crippen LogP contribution in [0.4, 0.5) is 5.69 Å². The summed E-state index contributed by atoms with van der Waals surface area (Å²) in [4.78, 5) is 7.17. The molecule has 1 atom stereocenters. The Bertz CT molecular complexity index is 575. The first-order valence-electron chi connectivity index (χ1n) is 10.9. The monoisotopic (exact) mass is 388 g/mol. The number of rotatable bonds is 9. The molecule has 0 aromatic heterocycles. The van der Waals surface area contributed by atoms with Crippen molar-refractivity contribution in [2.75, 3.05) is 57.5 Å². The molecule has 2 N–H and O–H groups in total. The SMILES string of the molecule is CCNC(=NCCCOCC1CCOCC1)NC1CCN(c2ccccc2)C1. The Morgan fingerprint density at radius 2 is 2.04 bits per heavy atom. The van der Waals surface area contributed by atoms with Gasteiger partial charge in [0.1, 0.15) is 0 Å². The smallest absolute Gasteiger partial charge is 0.191 e. The minimum absolute atomic E-state index is 0.433. The number of para-hydroxylation sites is 1. The quantitative estimate of drug-likeness (QED) is 0.387. The van der Waals surface area contributed by atoms with Gasteiger partial charge in [0.05, 0.1) is 0 Å². The molecule has 0 bridgehead atoms. The van der Waals surface area contributed by atoms with Crippen LogP contribution in [-0.2, 0) is 9.47 Å². The highest BCUT2D eigenvalue weighted by molar-refractivity contribution is 5.80. The molecule has 1 aromatic rings. The van der Waals surface area contributed by atoms with Gasteiger partial charge in [-0.25, -0.2) is 0 Å². The van der Waals surface area contributed by atoms with Crippen LogP contribution < -0.4 is 15.5 Å². The molecule has 1 aromatic carbocycles. The van der Waals surface area contributed by atoms with Crippen LogP contribution in [0.3, 0.4) is 0 Å². The molecular weight excluding hydrogens is 352 g/mol. The van der Waals surface area contributed by atoms with E-state index in [0.29, 0.717) is 12.0 Å². The molecule has 2 aliphatic heterocycles. The molecule has 2 saturated heterocycles. The zero-order valence-electron chi connectivity index (χ0n) is 17.2. The summed E-state index contributed by atoms with van der Waals surface area (Å²) in [5.74, 6) is 1.60. The molecule has 0 amide bonds. The average molecular weight is 389 g/mol. The van der Waals surface area contributed by atoms with E-state index < -0.39 is 0 Å². The number of anilines is 1. The molecular formula is C22H36N4O2. The van der Waals surface area contributed by atoms with Gasteiger partial charge in [-0.1, -0.05) is 18.2 Å². The van der Waals surface area contributed by atoms with Gasteiger partial charge < -0.3 is 25.0 Å². The lowest BCUT2D eigenvalue weighted by molar-refractivity contribution is 0.0205. The number of ether oxygens (including phenoxy) is 2. The summed E-state index contributed by atoms with van der Waals surface area (Å²) in [6, 6.07) is 11.1. The van der Waals surface area contributed by atoms with Crippen molar-refractivity contribution in [2.24, 2.45) is 10.9 Å². The first kappa shape index (κ1) is 20.9. The third kappa shape index (κ3) is 6.99. The summed E-state index contributed by atoms with van der Waals surface area (Å²) in [6.07, 6.45) is 4.36. The zero-order chi connectivity index (χ0) is 19.4. The minimum atomic E-state index is 0.433. The Kier molecular flexibility index (Phi) is 8.91. The Morgan fingerprint density at radius 3 is 2.82 bits per heavy atom. The van der Waals surface area contributed by atoms with Crippen LogP contribution in [0.1, 0.15) is 32.6 Å². The fourth-order valence-electron chi connectivity index (χ4n) is 3.79. The van der Waals surface area contributed by atoms with Crippen molar-refractivity contribution < 1.29 is 9.47 Å². The standard InChI is InChI=1S/C22H36N4O2/c1-2-23-22(24-12-6-14-28-18-19-10-15-27-16-11-19)25-20-9-13-26(17-20)21-7-4-3-5-8-21/h3-5,7-8,19-20H,2,6,9-18H2,1H3,(H2,23,24,25). The second kappa shape index (κ2) is 11.9. The van der Waals surface area contributed by atoms with E-state index in [1.165, 1.54) is 5.69 Å². The maximum Gasteiger partial charge on any atom is 0.191 e. The summed E-state index contributed by atoms with van der Waals surface area (Å²) in [7, 11) is 0. The van der Waals surface area contributed by atoms with Crippen LogP contribution in [0.5, 0.6) is 0 Å². The Hall–Kier alpha value is -1.79. The van der Waals surface area contributed by atoms with Crippen molar-refractivity contribution in [3.05, 3.63) is 30.3 Å². The van der Waals surface area contributed by atoms with Gasteiger partial charge in [0.25, 0.3) is 0 Å². The third-order valence-corrected chi connectivity index (χ3v) is 5.41. The van der Waals surface area contributed by atoms with Gasteiger partial charge in [-0.05, 0) is 50.7 Å². The summed E-state index contributed by atoms with van der Waals surface area (Å²) in [5.41, 5.74) is 1.30. The second-order valence-electron chi connectivity index (χ2n) is 7.66. The van der Waals surface area contributed by atoms with Crippen LogP contribution in [0, 0.1) is 5.92 Å². The molecule has 0 aliphatic carbocycles. The van der Waals surface area contributed by atoms with Gasteiger partial charge >= 0.3 is 0 Å². The van der Waals surface area contributed by atoms with Crippen molar-refractivity contribution in [1.82, 2.24) is 10.6 Å². The number of guanidine groups is 1. The predicted octanol–water partition coefficient (Wildman–Crippen LogP) is 2.65. The van der Waals surface area contributed by atoms with Crippen LogP contribution in [0.25, 0.3) is 0 Å². The summed E-state index contributed by atoms with van der Waals surface area (Å²) >= 11 is 0. The van der Waals surface area contributed by atoms with E-state index in [1.54, 1.807) is 0 Å². The van der Waals surface area contributed by atoms with Crippen LogP contribution >= 0.6 is 0 Å². The highest BCUT2D eigenvalue weighted by atomic mass is 16.5. The number of nitrogens with one attached hydrogen (secondary N) is 2. The second-order valence-corrected chi connectivity index (χ2v) is 7.66. The van der Waals surface area contributed by atoms with Gasteiger partial charge in [0.15, 0.2) is 5.96 Å². The third-order valence-electron chi connectivity index (χ3n) is 5.41. The molecule has 6 heteroatoms. The van der Waals surface area contributed by atoms with E-state index in [2.05, 4.69) is 52.8 Å². The summed E-state index contributed by atoms with van der Waals surface area (Å²) in [6.45, 7) is 9.30. The number of benzene rings is 1. The maximum atomic E-state index is 5.84. The van der Waals surface area contributed by atoms with E-state index in [-0.39, 0.29) is 0 Å². The van der Waals surface area contributed by atoms with Gasteiger partial charge in [-0.3, -0.25) is 4.99 Å². The van der Waals surface area contributed by atoms with Crippen molar-refractivity contribution in [3.8, 4) is 0 Å². The van der Waals surface area contributed by atoms with Gasteiger partial charge in [-0.2, -0.15) is 0 Å². The van der Waals surface area contributed by atoms with Crippen molar-refractivity contribution in [1.29, 1.82) is 0 Å². The average Bonchev–Trinajstić information content (AvgIpc) is 3.20. The fraction of sp³-hybridized carbons (Fsp3) is 0.682. The summed E-state index contributed by atoms with van der Waals surface area (Å²) in [5, 5.41) is 6.97. The molecule has 1 unspecified atom stereocenters. The number of hydrogen-bond donors (Lipinski definition) is 2. The highest BCUT2D eigenvalue weighted by Crippen LogP contribution is 2.19. The van der Waals surface area contributed by atoms with Gasteiger partial charge in [-0.15, -0.1) is 0 Å². The number of aliphatic imine (C=N–C) groups is 1. The molecule has 156 valence electrons. The largest absolute Gasteiger partial charge is 0.381 e. The van der Waals surface area contributed by atoms with E-state index in [4.69, 9.17) is 14.5 Å². The molecule has 2 heterocycles. The van der Waals surface area contributed by atoms with E-state index in [0.717, 1.165) is 84.2 Å². The van der Waals surface area contributed by atoms with Gasteiger partial charge in [0.2, 0.25) is 0 Å². The first-order chi connectivity index (χ1) is 13.8. The van der Waals surface area contributed by atoms with Crippen LogP contribution in [-0.4, -0.2) is 64.6 Å². The highest BCUT2D eigenvalue weighted by Gasteiger charge is 2.23. The molecule has 6 nitrogen and oxygen atoms in total. The molecule has 2 aliphatic rings. The van der Waals surface area contributed by atoms with Gasteiger partial charge in [0, 0.05) is 64.3 Å². The van der Waals surface area contributed by atoms with E-state index in [9.17, 15) is 0 Å². The Morgan fingerprint density at radius 1 is 1.21 bits per heavy atom. The summed E-state index contributed by atoms with van der Waals surface area (Å²) < 4.78 is 11.2. The lowest BCUT2D eigenvalue weighted by atomic mass is 10.0. The Labute approximate surface area is 169 Å². The predicted molar refractivity (Wildman–Crippen MR) is 115 cm³/mol. The van der Waals surface area contributed by atoms with Crippen molar-refractivity contribution in [3.63, 3.8) is 0 Å². The molecule has 28 heavy (non-hydrogen) atoms. The normalized spacial score (nSPS) is 21.1. The van der Waals surface area contributed by atoms with Crippen LogP contribution in [0.15, 0.2) is 35.3 Å². The zero-order valence-corrected chi connectivity index (χ0v) is 17.2. The van der Waals surface area contributed by atoms with E-state index in [1.807, 2.05) is 0 Å². The Balaban J connectivity index is 1.34. The first-order valence-corrected chi connectivity index (χ1v) is 10.9. The molecule has 0 spiro atoms. The van der Waals surface area contributed by atoms with Crippen LogP contribution in [0.2, 0.25) is 0 Å². The van der Waals surface area contributed by atoms with Crippen molar-refractivity contribution >= 4 is 11.6 Å². The lowest BCUT2D eigenvalue weighted by Crippen LogP contribution is -2.44. The minimum Gasteiger partial charge on any atom is -0.381 e. The lowest BCUT2D eigenvalue weighted by Gasteiger charge is -2.21. The molecule has 2 fully saturated rings. The number of nitrogens with zero attached hydrogens (tertiary/aromatic N) is 2. The molecule has 0 radical (unpaired) electrons.